The van der Waals surface area contributed by atoms with E-state index in [-0.39, 0.29) is 5.52 Å². The molecule has 0 unspecified atom stereocenters. The summed E-state index contributed by atoms with van der Waals surface area (Å²) in [4.78, 5) is 3.95. The van der Waals surface area contributed by atoms with Crippen molar-refractivity contribution in [3.8, 4) is 11.5 Å². The summed E-state index contributed by atoms with van der Waals surface area (Å²) in [5.41, 5.74) is 5.40. The largest absolute Gasteiger partial charge is 0.457 e. The minimum absolute atomic E-state index is 0.142. The summed E-state index contributed by atoms with van der Waals surface area (Å²) in [6.45, 7) is 0. The zero-order valence-corrected chi connectivity index (χ0v) is 12.3. The number of fused-ring (bicyclic) bond motifs is 1. The lowest BCUT2D eigenvalue weighted by atomic mass is 10.1. The third kappa shape index (κ3) is 3.17. The lowest BCUT2D eigenvalue weighted by molar-refractivity contribution is -0.137. The van der Waals surface area contributed by atoms with Gasteiger partial charge in [-0.05, 0) is 30.3 Å². The summed E-state index contributed by atoms with van der Waals surface area (Å²) in [5.74, 6) is 0.810. The Morgan fingerprint density at radius 3 is 2.57 bits per heavy atom. The van der Waals surface area contributed by atoms with Gasteiger partial charge in [-0.15, -0.1) is 0 Å². The van der Waals surface area contributed by atoms with Crippen LogP contribution >= 0.6 is 11.6 Å². The number of aromatic nitrogens is 1. The predicted octanol–water partition coefficient (Wildman–Crippen LogP) is 5.28. The third-order valence-corrected chi connectivity index (χ3v) is 3.49. The number of benzene rings is 2. The quantitative estimate of drug-likeness (QED) is 0.646. The maximum Gasteiger partial charge on any atom is 0.417 e. The molecule has 3 nitrogen and oxygen atoms in total. The van der Waals surface area contributed by atoms with Crippen molar-refractivity contribution in [2.75, 3.05) is 5.73 Å². The second-order valence-corrected chi connectivity index (χ2v) is 5.24. The molecule has 2 N–H and O–H groups in total. The Labute approximate surface area is 134 Å². The topological polar surface area (TPSA) is 48.1 Å². The SMILES string of the molecule is Nc1cccc(Oc2ccnc3cc(C(F)(F)F)c(Cl)cc23)c1. The number of nitrogens with two attached hydrogens (primary N) is 1. The van der Waals surface area contributed by atoms with Gasteiger partial charge in [0, 0.05) is 23.3 Å². The molecule has 0 aliphatic rings. The summed E-state index contributed by atoms with van der Waals surface area (Å²) in [6.07, 6.45) is -3.17. The molecule has 0 amide bonds. The van der Waals surface area contributed by atoms with E-state index in [0.717, 1.165) is 6.07 Å². The molecule has 0 atom stereocenters. The molecule has 118 valence electrons. The van der Waals surface area contributed by atoms with Gasteiger partial charge in [-0.25, -0.2) is 0 Å². The first-order valence-electron chi connectivity index (χ1n) is 6.53. The van der Waals surface area contributed by atoms with Crippen LogP contribution in [0.4, 0.5) is 18.9 Å². The average molecular weight is 339 g/mol. The standard InChI is InChI=1S/C16H10ClF3N2O/c17-13-7-11-14(8-12(13)16(18,19)20)22-5-4-15(11)23-10-3-1-2-9(21)6-10/h1-8H,21H2. The molecule has 1 aromatic heterocycles. The van der Waals surface area contributed by atoms with E-state index < -0.39 is 16.8 Å². The number of anilines is 1. The minimum Gasteiger partial charge on any atom is -0.457 e. The van der Waals surface area contributed by atoms with Crippen LogP contribution in [0.2, 0.25) is 5.02 Å². The van der Waals surface area contributed by atoms with Crippen molar-refractivity contribution in [3.63, 3.8) is 0 Å². The summed E-state index contributed by atoms with van der Waals surface area (Å²) in [6, 6.07) is 10.4. The molecule has 0 bridgehead atoms. The number of rotatable bonds is 2. The first-order valence-corrected chi connectivity index (χ1v) is 6.91. The number of hydrogen-bond acceptors (Lipinski definition) is 3. The molecule has 0 saturated carbocycles. The molecule has 0 aliphatic carbocycles. The summed E-state index contributed by atoms with van der Waals surface area (Å²) in [7, 11) is 0. The normalized spacial score (nSPS) is 11.7. The molecule has 0 saturated heterocycles. The monoisotopic (exact) mass is 338 g/mol. The van der Waals surface area contributed by atoms with Crippen LogP contribution < -0.4 is 10.5 Å². The Hall–Kier alpha value is -2.47. The predicted molar refractivity (Wildman–Crippen MR) is 82.7 cm³/mol. The fourth-order valence-electron chi connectivity index (χ4n) is 2.15. The number of pyridine rings is 1. The van der Waals surface area contributed by atoms with Gasteiger partial charge in [0.15, 0.2) is 0 Å². The molecule has 0 fully saturated rings. The van der Waals surface area contributed by atoms with E-state index in [4.69, 9.17) is 22.1 Å². The van der Waals surface area contributed by atoms with E-state index in [1.54, 1.807) is 30.3 Å². The molecule has 23 heavy (non-hydrogen) atoms. The van der Waals surface area contributed by atoms with Gasteiger partial charge in [0.05, 0.1) is 16.1 Å². The number of alkyl halides is 3. The minimum atomic E-state index is -4.54. The van der Waals surface area contributed by atoms with Crippen molar-refractivity contribution in [1.29, 1.82) is 0 Å². The third-order valence-electron chi connectivity index (χ3n) is 3.18. The van der Waals surface area contributed by atoms with E-state index in [0.29, 0.717) is 22.6 Å². The Balaban J connectivity index is 2.10. The first kappa shape index (κ1) is 15.4. The van der Waals surface area contributed by atoms with Crippen LogP contribution in [0.25, 0.3) is 10.9 Å². The van der Waals surface area contributed by atoms with Gasteiger partial charge < -0.3 is 10.5 Å². The molecule has 7 heteroatoms. The van der Waals surface area contributed by atoms with Crippen LogP contribution in [0.3, 0.4) is 0 Å². The van der Waals surface area contributed by atoms with Gasteiger partial charge in [0.1, 0.15) is 11.5 Å². The molecule has 0 aliphatic heterocycles. The second kappa shape index (κ2) is 5.62. The van der Waals surface area contributed by atoms with Crippen molar-refractivity contribution < 1.29 is 17.9 Å². The van der Waals surface area contributed by atoms with Crippen molar-refractivity contribution in [2.24, 2.45) is 0 Å². The fraction of sp³-hybridized carbons (Fsp3) is 0.0625. The zero-order chi connectivity index (χ0) is 16.6. The summed E-state index contributed by atoms with van der Waals surface area (Å²) < 4.78 is 44.4. The molecular formula is C16H10ClF3N2O. The van der Waals surface area contributed by atoms with Crippen LogP contribution in [-0.2, 0) is 6.18 Å². The molecule has 3 aromatic rings. The van der Waals surface area contributed by atoms with Crippen LogP contribution in [0, 0.1) is 0 Å². The van der Waals surface area contributed by atoms with E-state index in [2.05, 4.69) is 4.98 Å². The Kier molecular flexibility index (Phi) is 3.77. The van der Waals surface area contributed by atoms with Crippen molar-refractivity contribution in [1.82, 2.24) is 4.98 Å². The highest BCUT2D eigenvalue weighted by Gasteiger charge is 2.33. The van der Waals surface area contributed by atoms with E-state index >= 15 is 0 Å². The van der Waals surface area contributed by atoms with Gasteiger partial charge in [0.2, 0.25) is 0 Å². The fourth-order valence-corrected chi connectivity index (χ4v) is 2.42. The molecule has 2 aromatic carbocycles. The maximum absolute atomic E-state index is 12.9. The number of ether oxygens (including phenoxy) is 1. The molecule has 0 radical (unpaired) electrons. The van der Waals surface area contributed by atoms with Gasteiger partial charge in [-0.1, -0.05) is 17.7 Å². The van der Waals surface area contributed by atoms with Crippen molar-refractivity contribution in [3.05, 3.63) is 59.2 Å². The number of nitrogen functional groups attached to an aromatic ring is 1. The molecular weight excluding hydrogens is 329 g/mol. The lowest BCUT2D eigenvalue weighted by Crippen LogP contribution is -2.06. The highest BCUT2D eigenvalue weighted by molar-refractivity contribution is 6.32. The van der Waals surface area contributed by atoms with Crippen LogP contribution in [0.15, 0.2) is 48.7 Å². The Morgan fingerprint density at radius 2 is 1.87 bits per heavy atom. The van der Waals surface area contributed by atoms with E-state index in [9.17, 15) is 13.2 Å². The number of hydrogen-bond donors (Lipinski definition) is 1. The van der Waals surface area contributed by atoms with Crippen LogP contribution in [0.1, 0.15) is 5.56 Å². The van der Waals surface area contributed by atoms with Gasteiger partial charge in [0.25, 0.3) is 0 Å². The molecule has 3 rings (SSSR count). The van der Waals surface area contributed by atoms with E-state index in [1.165, 1.54) is 12.3 Å². The number of nitrogens with zero attached hydrogens (tertiary/aromatic N) is 1. The zero-order valence-electron chi connectivity index (χ0n) is 11.6. The van der Waals surface area contributed by atoms with Gasteiger partial charge in [-0.3, -0.25) is 4.98 Å². The smallest absolute Gasteiger partial charge is 0.417 e. The maximum atomic E-state index is 12.9. The lowest BCUT2D eigenvalue weighted by Gasteiger charge is -2.13. The summed E-state index contributed by atoms with van der Waals surface area (Å²) in [5, 5.41) is -0.0247. The van der Waals surface area contributed by atoms with Crippen molar-refractivity contribution >= 4 is 28.2 Å². The Morgan fingerprint density at radius 1 is 1.09 bits per heavy atom. The van der Waals surface area contributed by atoms with Gasteiger partial charge >= 0.3 is 6.18 Å². The van der Waals surface area contributed by atoms with Gasteiger partial charge in [-0.2, -0.15) is 13.2 Å². The molecule has 0 spiro atoms. The second-order valence-electron chi connectivity index (χ2n) is 4.83. The van der Waals surface area contributed by atoms with Crippen LogP contribution in [0.5, 0.6) is 11.5 Å². The van der Waals surface area contributed by atoms with E-state index in [1.807, 2.05) is 0 Å². The summed E-state index contributed by atoms with van der Waals surface area (Å²) >= 11 is 5.76. The first-order chi connectivity index (χ1) is 10.8. The van der Waals surface area contributed by atoms with Crippen molar-refractivity contribution in [2.45, 2.75) is 6.18 Å². The average Bonchev–Trinajstić information content (AvgIpc) is 2.46. The highest BCUT2D eigenvalue weighted by atomic mass is 35.5. The van der Waals surface area contributed by atoms with Crippen LogP contribution in [-0.4, -0.2) is 4.98 Å². The Bertz CT molecular complexity index is 881. The number of halogens is 4. The highest BCUT2D eigenvalue weighted by Crippen LogP contribution is 2.39. The molecule has 1 heterocycles.